The first kappa shape index (κ1) is 20.9. The van der Waals surface area contributed by atoms with Crippen molar-refractivity contribution in [2.24, 2.45) is 0 Å². The van der Waals surface area contributed by atoms with Gasteiger partial charge in [-0.25, -0.2) is 0 Å². The van der Waals surface area contributed by atoms with Gasteiger partial charge >= 0.3 is 7.60 Å². The number of hydrogen-bond acceptors (Lipinski definition) is 9. The topological polar surface area (TPSA) is 118 Å². The van der Waals surface area contributed by atoms with Crippen LogP contribution in [0.3, 0.4) is 0 Å². The van der Waals surface area contributed by atoms with Gasteiger partial charge in [-0.3, -0.25) is 4.57 Å². The van der Waals surface area contributed by atoms with E-state index in [1.807, 2.05) is 0 Å². The third-order valence-corrected chi connectivity index (χ3v) is 5.10. The van der Waals surface area contributed by atoms with Crippen LogP contribution in [0.4, 0.5) is 11.8 Å². The SMILES string of the molecule is CC(C)OP(=O)(COCCOc1cc(NC2CC2)nc(N)n1)OC(C)C. The van der Waals surface area contributed by atoms with E-state index in [1.54, 1.807) is 33.8 Å². The fraction of sp³-hybridized carbons (Fsp3) is 0.750. The summed E-state index contributed by atoms with van der Waals surface area (Å²) in [5.41, 5.74) is 5.69. The van der Waals surface area contributed by atoms with Crippen molar-refractivity contribution in [3.63, 3.8) is 0 Å². The Kier molecular flexibility index (Phi) is 7.64. The molecule has 2 rings (SSSR count). The van der Waals surface area contributed by atoms with Crippen LogP contribution in [-0.2, 0) is 18.3 Å². The molecule has 1 aliphatic rings. The minimum atomic E-state index is -3.30. The number of rotatable bonds is 12. The third kappa shape index (κ3) is 7.86. The molecule has 0 spiro atoms. The molecule has 0 bridgehead atoms. The summed E-state index contributed by atoms with van der Waals surface area (Å²) in [6.07, 6.45) is 1.68. The van der Waals surface area contributed by atoms with Gasteiger partial charge < -0.3 is 29.6 Å². The van der Waals surface area contributed by atoms with Crippen LogP contribution < -0.4 is 15.8 Å². The average molecular weight is 388 g/mol. The molecule has 10 heteroatoms. The van der Waals surface area contributed by atoms with Crippen LogP contribution in [0.1, 0.15) is 40.5 Å². The van der Waals surface area contributed by atoms with Crippen LogP contribution >= 0.6 is 7.60 Å². The van der Waals surface area contributed by atoms with Crippen molar-refractivity contribution in [1.82, 2.24) is 9.97 Å². The number of nitrogens with zero attached hydrogens (tertiary/aromatic N) is 2. The van der Waals surface area contributed by atoms with Gasteiger partial charge in [0.1, 0.15) is 18.8 Å². The van der Waals surface area contributed by atoms with E-state index in [1.165, 1.54) is 0 Å². The third-order valence-electron chi connectivity index (χ3n) is 3.12. The van der Waals surface area contributed by atoms with Crippen molar-refractivity contribution in [1.29, 1.82) is 0 Å². The zero-order valence-electron chi connectivity index (χ0n) is 15.8. The monoisotopic (exact) mass is 388 g/mol. The predicted molar refractivity (Wildman–Crippen MR) is 99.5 cm³/mol. The number of nitrogens with one attached hydrogen (secondary N) is 1. The molecule has 1 saturated carbocycles. The van der Waals surface area contributed by atoms with E-state index in [0.717, 1.165) is 12.8 Å². The van der Waals surface area contributed by atoms with Crippen LogP contribution in [0.2, 0.25) is 0 Å². The lowest BCUT2D eigenvalue weighted by Crippen LogP contribution is -2.14. The minimum absolute atomic E-state index is 0.132. The number of aromatic nitrogens is 2. The first-order valence-corrected chi connectivity index (χ1v) is 10.6. The highest BCUT2D eigenvalue weighted by molar-refractivity contribution is 7.53. The maximum absolute atomic E-state index is 12.6. The van der Waals surface area contributed by atoms with Crippen LogP contribution in [0.5, 0.6) is 5.88 Å². The molecule has 1 fully saturated rings. The van der Waals surface area contributed by atoms with E-state index in [2.05, 4.69) is 15.3 Å². The number of nitrogens with two attached hydrogens (primary N) is 1. The highest BCUT2D eigenvalue weighted by Crippen LogP contribution is 2.50. The summed E-state index contributed by atoms with van der Waals surface area (Å²) in [4.78, 5) is 8.15. The van der Waals surface area contributed by atoms with E-state index in [0.29, 0.717) is 17.7 Å². The molecular weight excluding hydrogens is 359 g/mol. The Morgan fingerprint density at radius 1 is 1.19 bits per heavy atom. The van der Waals surface area contributed by atoms with Crippen LogP contribution in [0, 0.1) is 0 Å². The Balaban J connectivity index is 1.76. The lowest BCUT2D eigenvalue weighted by molar-refractivity contribution is 0.0845. The highest BCUT2D eigenvalue weighted by Gasteiger charge is 2.28. The number of ether oxygens (including phenoxy) is 2. The molecule has 0 atom stereocenters. The fourth-order valence-electron chi connectivity index (χ4n) is 2.14. The van der Waals surface area contributed by atoms with Crippen molar-refractivity contribution in [2.75, 3.05) is 30.6 Å². The smallest absolute Gasteiger partial charge is 0.356 e. The zero-order chi connectivity index (χ0) is 19.2. The Bertz CT molecular complexity index is 611. The Hall–Kier alpha value is -1.41. The fourth-order valence-corrected chi connectivity index (χ4v) is 3.95. The first-order valence-electron chi connectivity index (χ1n) is 8.83. The maximum atomic E-state index is 12.6. The molecule has 9 nitrogen and oxygen atoms in total. The van der Waals surface area contributed by atoms with Crippen LogP contribution in [0.15, 0.2) is 6.07 Å². The molecule has 148 valence electrons. The quantitative estimate of drug-likeness (QED) is 0.411. The van der Waals surface area contributed by atoms with Crippen LogP contribution in [0.25, 0.3) is 0 Å². The molecule has 3 N–H and O–H groups in total. The number of nitrogen functional groups attached to an aromatic ring is 1. The molecule has 26 heavy (non-hydrogen) atoms. The molecule has 1 aromatic heterocycles. The van der Waals surface area contributed by atoms with Gasteiger partial charge in [-0.1, -0.05) is 0 Å². The Labute approximate surface area is 154 Å². The summed E-state index contributed by atoms with van der Waals surface area (Å²) >= 11 is 0. The van der Waals surface area contributed by atoms with Crippen molar-refractivity contribution >= 4 is 19.4 Å². The molecule has 0 unspecified atom stereocenters. The molecule has 0 amide bonds. The van der Waals surface area contributed by atoms with Gasteiger partial charge in [0.05, 0.1) is 18.8 Å². The van der Waals surface area contributed by atoms with E-state index in [9.17, 15) is 4.57 Å². The molecule has 1 aromatic rings. The second kappa shape index (κ2) is 9.50. The Morgan fingerprint density at radius 2 is 1.85 bits per heavy atom. The molecule has 0 saturated heterocycles. The molecule has 0 radical (unpaired) electrons. The molecular formula is C16H29N4O5P. The lowest BCUT2D eigenvalue weighted by Gasteiger charge is -2.22. The molecule has 1 aliphatic carbocycles. The van der Waals surface area contributed by atoms with Gasteiger partial charge in [-0.15, -0.1) is 0 Å². The minimum Gasteiger partial charge on any atom is -0.475 e. The average Bonchev–Trinajstić information content (AvgIpc) is 3.28. The summed E-state index contributed by atoms with van der Waals surface area (Å²) in [7, 11) is -3.30. The summed E-state index contributed by atoms with van der Waals surface area (Å²) in [6.45, 7) is 7.63. The van der Waals surface area contributed by atoms with Crippen molar-refractivity contribution in [3.05, 3.63) is 6.07 Å². The van der Waals surface area contributed by atoms with E-state index in [4.69, 9.17) is 24.3 Å². The second-order valence-electron chi connectivity index (χ2n) is 6.67. The zero-order valence-corrected chi connectivity index (χ0v) is 16.7. The van der Waals surface area contributed by atoms with E-state index in [-0.39, 0.29) is 37.7 Å². The summed E-state index contributed by atoms with van der Waals surface area (Å²) < 4.78 is 34.4. The molecule has 0 aliphatic heterocycles. The first-order chi connectivity index (χ1) is 12.3. The van der Waals surface area contributed by atoms with Gasteiger partial charge in [0, 0.05) is 12.1 Å². The standard InChI is InChI=1S/C16H29N4O5P/c1-11(2)24-26(21,25-12(3)4)10-22-7-8-23-15-9-14(18-13-5-6-13)19-16(17)20-15/h9,11-13H,5-8,10H2,1-4H3,(H3,17,18,19,20). The summed E-state index contributed by atoms with van der Waals surface area (Å²) in [5.74, 6) is 1.16. The highest BCUT2D eigenvalue weighted by atomic mass is 31.2. The van der Waals surface area contributed by atoms with Crippen LogP contribution in [-0.4, -0.2) is 47.8 Å². The van der Waals surface area contributed by atoms with Crippen molar-refractivity contribution in [2.45, 2.75) is 58.8 Å². The second-order valence-corrected chi connectivity index (χ2v) is 8.57. The van der Waals surface area contributed by atoms with E-state index >= 15 is 0 Å². The van der Waals surface area contributed by atoms with Crippen molar-refractivity contribution < 1.29 is 23.1 Å². The summed E-state index contributed by atoms with van der Waals surface area (Å²) in [6, 6.07) is 2.15. The van der Waals surface area contributed by atoms with Gasteiger partial charge in [0.25, 0.3) is 0 Å². The van der Waals surface area contributed by atoms with Gasteiger partial charge in [-0.05, 0) is 40.5 Å². The number of anilines is 2. The number of hydrogen-bond donors (Lipinski definition) is 2. The van der Waals surface area contributed by atoms with Gasteiger partial charge in [0.2, 0.25) is 11.8 Å². The predicted octanol–water partition coefficient (Wildman–Crippen LogP) is 3.03. The van der Waals surface area contributed by atoms with Crippen molar-refractivity contribution in [3.8, 4) is 5.88 Å². The summed E-state index contributed by atoms with van der Waals surface area (Å²) in [5, 5.41) is 3.24. The van der Waals surface area contributed by atoms with Gasteiger partial charge in [0.15, 0.2) is 0 Å². The molecule has 0 aromatic carbocycles. The maximum Gasteiger partial charge on any atom is 0.356 e. The lowest BCUT2D eigenvalue weighted by atomic mass is 10.5. The normalized spacial score (nSPS) is 14.8. The van der Waals surface area contributed by atoms with E-state index < -0.39 is 7.60 Å². The Morgan fingerprint density at radius 3 is 2.42 bits per heavy atom. The molecule has 1 heterocycles. The van der Waals surface area contributed by atoms with Gasteiger partial charge in [-0.2, -0.15) is 9.97 Å². The largest absolute Gasteiger partial charge is 0.475 e.